The zero-order chi connectivity index (χ0) is 14.5. The van der Waals surface area contributed by atoms with Crippen LogP contribution in [0.15, 0.2) is 42.0 Å². The second-order valence-corrected chi connectivity index (χ2v) is 6.68. The van der Waals surface area contributed by atoms with Crippen molar-refractivity contribution in [3.8, 4) is 0 Å². The molecule has 0 bridgehead atoms. The summed E-state index contributed by atoms with van der Waals surface area (Å²) < 4.78 is 0. The summed E-state index contributed by atoms with van der Waals surface area (Å²) in [7, 11) is 0. The van der Waals surface area contributed by atoms with E-state index in [9.17, 15) is 0 Å². The van der Waals surface area contributed by atoms with Gasteiger partial charge in [0.05, 0.1) is 0 Å². The summed E-state index contributed by atoms with van der Waals surface area (Å²) in [6.07, 6.45) is 12.1. The Hall–Kier alpha value is -1.08. The molecule has 3 atom stereocenters. The summed E-state index contributed by atoms with van der Waals surface area (Å²) >= 11 is 0. The molecule has 1 nitrogen and oxygen atoms in total. The van der Waals surface area contributed by atoms with E-state index >= 15 is 0 Å². The van der Waals surface area contributed by atoms with E-state index in [4.69, 9.17) is 0 Å². The van der Waals surface area contributed by atoms with Gasteiger partial charge in [0.1, 0.15) is 0 Å². The van der Waals surface area contributed by atoms with Gasteiger partial charge in [0.2, 0.25) is 0 Å². The molecule has 1 aromatic carbocycles. The maximum Gasteiger partial charge on any atom is 0.0313 e. The Morgan fingerprint density at radius 3 is 2.71 bits per heavy atom. The molecule has 0 amide bonds. The van der Waals surface area contributed by atoms with Crippen LogP contribution in [0.1, 0.15) is 63.4 Å². The summed E-state index contributed by atoms with van der Waals surface area (Å²) in [5, 5.41) is 3.79. The minimum atomic E-state index is 0.623. The van der Waals surface area contributed by atoms with Crippen molar-refractivity contribution in [2.45, 2.75) is 63.8 Å². The maximum atomic E-state index is 3.79. The van der Waals surface area contributed by atoms with Gasteiger partial charge in [0.25, 0.3) is 0 Å². The molecule has 3 unspecified atom stereocenters. The molecule has 0 spiro atoms. The first-order valence-electron chi connectivity index (χ1n) is 8.87. The number of allylic oxidation sites excluding steroid dienone is 1. The van der Waals surface area contributed by atoms with Crippen molar-refractivity contribution in [2.24, 2.45) is 5.92 Å². The molecule has 0 aliphatic heterocycles. The Kier molecular flexibility index (Phi) is 5.13. The molecule has 1 fully saturated rings. The van der Waals surface area contributed by atoms with Crippen LogP contribution in [-0.4, -0.2) is 12.6 Å². The lowest BCUT2D eigenvalue weighted by Crippen LogP contribution is -2.33. The minimum absolute atomic E-state index is 0.623. The first-order valence-corrected chi connectivity index (χ1v) is 8.87. The highest BCUT2D eigenvalue weighted by atomic mass is 14.9. The molecule has 0 saturated heterocycles. The van der Waals surface area contributed by atoms with Crippen LogP contribution >= 0.6 is 0 Å². The summed E-state index contributed by atoms with van der Waals surface area (Å²) in [5.41, 5.74) is 3.25. The van der Waals surface area contributed by atoms with Gasteiger partial charge in [0.15, 0.2) is 0 Å². The third kappa shape index (κ3) is 3.77. The first-order chi connectivity index (χ1) is 10.4. The summed E-state index contributed by atoms with van der Waals surface area (Å²) in [4.78, 5) is 0. The largest absolute Gasteiger partial charge is 0.310 e. The van der Waals surface area contributed by atoms with Crippen LogP contribution in [0, 0.1) is 5.92 Å². The van der Waals surface area contributed by atoms with Crippen molar-refractivity contribution in [3.63, 3.8) is 0 Å². The number of nitrogens with one attached hydrogen (secondary N) is 1. The van der Waals surface area contributed by atoms with E-state index < -0.39 is 0 Å². The average Bonchev–Trinajstić information content (AvgIpc) is 3.26. The molecule has 2 aliphatic rings. The molecule has 21 heavy (non-hydrogen) atoms. The molecule has 0 radical (unpaired) electrons. The van der Waals surface area contributed by atoms with E-state index in [2.05, 4.69) is 48.6 Å². The molecule has 1 aromatic rings. The molecular weight excluding hydrogens is 254 g/mol. The van der Waals surface area contributed by atoms with Gasteiger partial charge < -0.3 is 5.32 Å². The van der Waals surface area contributed by atoms with Crippen molar-refractivity contribution in [1.82, 2.24) is 5.32 Å². The van der Waals surface area contributed by atoms with Gasteiger partial charge in [-0.25, -0.2) is 0 Å². The second-order valence-electron chi connectivity index (χ2n) is 6.68. The average molecular weight is 283 g/mol. The zero-order valence-electron chi connectivity index (χ0n) is 13.4. The topological polar surface area (TPSA) is 12.0 Å². The zero-order valence-corrected chi connectivity index (χ0v) is 13.4. The number of likely N-dealkylation sites (N-methyl/N-ethyl adjacent to an activating group) is 1. The van der Waals surface area contributed by atoms with E-state index in [-0.39, 0.29) is 0 Å². The fourth-order valence-electron chi connectivity index (χ4n) is 3.94. The normalized spacial score (nSPS) is 29.9. The summed E-state index contributed by atoms with van der Waals surface area (Å²) in [5.74, 6) is 1.60. The fourth-order valence-corrected chi connectivity index (χ4v) is 3.94. The van der Waals surface area contributed by atoms with Crippen LogP contribution < -0.4 is 5.32 Å². The van der Waals surface area contributed by atoms with Gasteiger partial charge in [0, 0.05) is 6.04 Å². The van der Waals surface area contributed by atoms with Gasteiger partial charge >= 0.3 is 0 Å². The Morgan fingerprint density at radius 1 is 1.10 bits per heavy atom. The van der Waals surface area contributed by atoms with E-state index in [1.165, 1.54) is 50.5 Å². The Morgan fingerprint density at radius 2 is 1.90 bits per heavy atom. The molecule has 1 N–H and O–H groups in total. The number of benzene rings is 1. The van der Waals surface area contributed by atoms with Gasteiger partial charge in [-0.2, -0.15) is 0 Å². The highest BCUT2D eigenvalue weighted by molar-refractivity contribution is 5.30. The first kappa shape index (κ1) is 14.8. The van der Waals surface area contributed by atoms with Gasteiger partial charge in [-0.15, -0.1) is 0 Å². The quantitative estimate of drug-likeness (QED) is 0.746. The van der Waals surface area contributed by atoms with Gasteiger partial charge in [-0.05, 0) is 56.0 Å². The predicted molar refractivity (Wildman–Crippen MR) is 90.5 cm³/mol. The summed E-state index contributed by atoms with van der Waals surface area (Å²) in [6, 6.07) is 11.7. The summed E-state index contributed by atoms with van der Waals surface area (Å²) in [6.45, 7) is 3.33. The number of hydrogen-bond acceptors (Lipinski definition) is 1. The second kappa shape index (κ2) is 7.26. The SMILES string of the molecule is CCNC(/C1=C/CCCCCC1)C1CC1c1ccccc1. The lowest BCUT2D eigenvalue weighted by atomic mass is 9.91. The van der Waals surface area contributed by atoms with Crippen LogP contribution in [0.3, 0.4) is 0 Å². The standard InChI is InChI=1S/C20H29N/c1-2-21-20(17-13-7-4-3-5-8-14-17)19-15-18(19)16-11-9-6-10-12-16/h6,9-13,18-21H,2-5,7-8,14-15H2,1H3/b17-13+. The molecule has 1 heteroatoms. The third-order valence-electron chi connectivity index (χ3n) is 5.15. The molecule has 0 aromatic heterocycles. The van der Waals surface area contributed by atoms with Gasteiger partial charge in [-0.1, -0.05) is 61.7 Å². The molecule has 114 valence electrons. The fraction of sp³-hybridized carbons (Fsp3) is 0.600. The highest BCUT2D eigenvalue weighted by Gasteiger charge is 2.44. The van der Waals surface area contributed by atoms with Crippen molar-refractivity contribution in [1.29, 1.82) is 0 Å². The van der Waals surface area contributed by atoms with Gasteiger partial charge in [-0.3, -0.25) is 0 Å². The third-order valence-corrected chi connectivity index (χ3v) is 5.15. The van der Waals surface area contributed by atoms with Crippen LogP contribution in [0.4, 0.5) is 0 Å². The molecular formula is C20H29N. The van der Waals surface area contributed by atoms with Crippen molar-refractivity contribution in [3.05, 3.63) is 47.5 Å². The van der Waals surface area contributed by atoms with Crippen molar-refractivity contribution >= 4 is 0 Å². The minimum Gasteiger partial charge on any atom is -0.310 e. The maximum absolute atomic E-state index is 3.79. The molecule has 0 heterocycles. The molecule has 3 rings (SSSR count). The van der Waals surface area contributed by atoms with E-state index in [1.807, 2.05) is 0 Å². The van der Waals surface area contributed by atoms with E-state index in [0.29, 0.717) is 6.04 Å². The highest BCUT2D eigenvalue weighted by Crippen LogP contribution is 2.51. The number of hydrogen-bond donors (Lipinski definition) is 1. The number of rotatable bonds is 5. The Labute approximate surface area is 129 Å². The Balaban J connectivity index is 1.70. The lowest BCUT2D eigenvalue weighted by molar-refractivity contribution is 0.491. The predicted octanol–water partition coefficient (Wildman–Crippen LogP) is 5.05. The van der Waals surface area contributed by atoms with E-state index in [1.54, 1.807) is 5.57 Å². The van der Waals surface area contributed by atoms with Crippen LogP contribution in [0.5, 0.6) is 0 Å². The molecule has 1 saturated carbocycles. The lowest BCUT2D eigenvalue weighted by Gasteiger charge is -2.23. The van der Waals surface area contributed by atoms with Crippen LogP contribution in [0.25, 0.3) is 0 Å². The van der Waals surface area contributed by atoms with Crippen LogP contribution in [-0.2, 0) is 0 Å². The smallest absolute Gasteiger partial charge is 0.0313 e. The monoisotopic (exact) mass is 283 g/mol. The van der Waals surface area contributed by atoms with Crippen LogP contribution in [0.2, 0.25) is 0 Å². The Bertz CT molecular complexity index is 462. The van der Waals surface area contributed by atoms with E-state index in [0.717, 1.165) is 18.4 Å². The van der Waals surface area contributed by atoms with Crippen molar-refractivity contribution < 1.29 is 0 Å². The molecule has 2 aliphatic carbocycles. The van der Waals surface area contributed by atoms with Crippen molar-refractivity contribution in [2.75, 3.05) is 6.54 Å².